The summed E-state index contributed by atoms with van der Waals surface area (Å²) in [5.74, 6) is 0. The molecule has 1 aromatic carbocycles. The van der Waals surface area contributed by atoms with Gasteiger partial charge in [-0.1, -0.05) is 40.8 Å². The number of alkyl halides is 1. The van der Waals surface area contributed by atoms with Crippen LogP contribution in [-0.4, -0.2) is 15.3 Å². The zero-order chi connectivity index (χ0) is 9.97. The third kappa shape index (κ3) is 1.56. The number of nitrogens with zero attached hydrogens (tertiary/aromatic N) is 1. The molecule has 1 heterocycles. The summed E-state index contributed by atoms with van der Waals surface area (Å²) in [5.41, 5.74) is 1.93. The van der Waals surface area contributed by atoms with Gasteiger partial charge < -0.3 is 4.57 Å². The molecule has 0 amide bonds. The van der Waals surface area contributed by atoms with Crippen LogP contribution >= 0.6 is 22.6 Å². The Hall–Kier alpha value is -0.840. The molecule has 0 radical (unpaired) electrons. The second-order valence-corrected chi connectivity index (χ2v) is 4.18. The average molecular weight is 299 g/mol. The van der Waals surface area contributed by atoms with Crippen molar-refractivity contribution in [2.45, 2.75) is 6.54 Å². The van der Waals surface area contributed by atoms with Crippen molar-refractivity contribution in [3.05, 3.63) is 36.0 Å². The Morgan fingerprint density at radius 2 is 2.14 bits per heavy atom. The number of hydrogen-bond acceptors (Lipinski definition) is 1. The van der Waals surface area contributed by atoms with Gasteiger partial charge in [-0.05, 0) is 6.07 Å². The fourth-order valence-corrected chi connectivity index (χ4v) is 2.16. The fraction of sp³-hybridized carbons (Fsp3) is 0.182. The Kier molecular flexibility index (Phi) is 2.86. The maximum Gasteiger partial charge on any atom is 0.152 e. The number of carbonyl (C=O) groups excluding carboxylic acids is 1. The van der Waals surface area contributed by atoms with Crippen LogP contribution in [0, 0.1) is 0 Å². The second kappa shape index (κ2) is 4.13. The number of para-hydroxylation sites is 1. The van der Waals surface area contributed by atoms with Gasteiger partial charge in [-0.25, -0.2) is 0 Å². The first-order chi connectivity index (χ1) is 6.86. The van der Waals surface area contributed by atoms with Crippen molar-refractivity contribution in [1.29, 1.82) is 0 Å². The number of aryl methyl sites for hydroxylation is 1. The van der Waals surface area contributed by atoms with Crippen molar-refractivity contribution in [2.75, 3.05) is 4.43 Å². The van der Waals surface area contributed by atoms with Crippen LogP contribution in [0.5, 0.6) is 0 Å². The lowest BCUT2D eigenvalue weighted by molar-refractivity contribution is 0.112. The maximum atomic E-state index is 10.8. The van der Waals surface area contributed by atoms with E-state index in [1.165, 1.54) is 0 Å². The van der Waals surface area contributed by atoms with Crippen molar-refractivity contribution in [3.8, 4) is 0 Å². The Bertz CT molecular complexity index is 461. The standard InChI is InChI=1S/C11H10INO/c12-5-6-13-7-9(8-14)10-3-1-2-4-11(10)13/h1-4,7-8H,5-6H2. The van der Waals surface area contributed by atoms with Crippen LogP contribution in [0.25, 0.3) is 10.9 Å². The van der Waals surface area contributed by atoms with E-state index in [4.69, 9.17) is 0 Å². The molecule has 2 aromatic rings. The quantitative estimate of drug-likeness (QED) is 0.485. The smallest absolute Gasteiger partial charge is 0.152 e. The van der Waals surface area contributed by atoms with Crippen molar-refractivity contribution in [1.82, 2.24) is 4.57 Å². The number of halogens is 1. The lowest BCUT2D eigenvalue weighted by Crippen LogP contribution is -1.95. The minimum Gasteiger partial charge on any atom is -0.346 e. The van der Waals surface area contributed by atoms with Crippen molar-refractivity contribution in [3.63, 3.8) is 0 Å². The number of hydrogen-bond donors (Lipinski definition) is 0. The van der Waals surface area contributed by atoms with E-state index < -0.39 is 0 Å². The van der Waals surface area contributed by atoms with Crippen LogP contribution in [0.4, 0.5) is 0 Å². The molecule has 0 spiro atoms. The first-order valence-corrected chi connectivity index (χ1v) is 5.98. The molecular formula is C11H10INO. The molecule has 0 fully saturated rings. The van der Waals surface area contributed by atoms with E-state index in [2.05, 4.69) is 33.2 Å². The zero-order valence-corrected chi connectivity index (χ0v) is 9.77. The van der Waals surface area contributed by atoms with E-state index >= 15 is 0 Å². The predicted molar refractivity (Wildman–Crippen MR) is 66.2 cm³/mol. The third-order valence-corrected chi connectivity index (χ3v) is 2.75. The van der Waals surface area contributed by atoms with E-state index in [1.807, 2.05) is 24.4 Å². The van der Waals surface area contributed by atoms with Gasteiger partial charge in [0.15, 0.2) is 6.29 Å². The highest BCUT2D eigenvalue weighted by atomic mass is 127. The SMILES string of the molecule is O=Cc1cn(CCI)c2ccccc12. The molecule has 0 N–H and O–H groups in total. The van der Waals surface area contributed by atoms with Crippen LogP contribution in [-0.2, 0) is 6.54 Å². The molecule has 0 aliphatic heterocycles. The van der Waals surface area contributed by atoms with Gasteiger partial charge in [-0.2, -0.15) is 0 Å². The molecule has 3 heteroatoms. The van der Waals surface area contributed by atoms with E-state index in [9.17, 15) is 4.79 Å². The summed E-state index contributed by atoms with van der Waals surface area (Å²) >= 11 is 2.34. The van der Waals surface area contributed by atoms with Gasteiger partial charge in [-0.3, -0.25) is 4.79 Å². The summed E-state index contributed by atoms with van der Waals surface area (Å²) in [4.78, 5) is 10.8. The second-order valence-electron chi connectivity index (χ2n) is 3.10. The normalized spacial score (nSPS) is 10.6. The third-order valence-electron chi connectivity index (χ3n) is 2.27. The molecule has 2 rings (SSSR count). The summed E-state index contributed by atoms with van der Waals surface area (Å²) in [5, 5.41) is 1.05. The molecule has 2 nitrogen and oxygen atoms in total. The molecular weight excluding hydrogens is 289 g/mol. The highest BCUT2D eigenvalue weighted by molar-refractivity contribution is 14.1. The van der Waals surface area contributed by atoms with Crippen LogP contribution in [0.2, 0.25) is 0 Å². The van der Waals surface area contributed by atoms with Crippen LogP contribution < -0.4 is 0 Å². The molecule has 0 aliphatic rings. The first-order valence-electron chi connectivity index (χ1n) is 4.46. The van der Waals surface area contributed by atoms with Gasteiger partial charge in [0.2, 0.25) is 0 Å². The van der Waals surface area contributed by atoms with Crippen LogP contribution in [0.15, 0.2) is 30.5 Å². The largest absolute Gasteiger partial charge is 0.346 e. The Labute approximate surface area is 96.1 Å². The summed E-state index contributed by atoms with van der Waals surface area (Å²) < 4.78 is 3.18. The topological polar surface area (TPSA) is 22.0 Å². The number of carbonyl (C=O) groups is 1. The van der Waals surface area contributed by atoms with Crippen LogP contribution in [0.1, 0.15) is 10.4 Å². The predicted octanol–water partition coefficient (Wildman–Crippen LogP) is 2.89. The Morgan fingerprint density at radius 3 is 2.86 bits per heavy atom. The molecule has 0 bridgehead atoms. The number of benzene rings is 1. The summed E-state index contributed by atoms with van der Waals surface area (Å²) in [6.07, 6.45) is 2.85. The molecule has 0 unspecified atom stereocenters. The minimum absolute atomic E-state index is 0.783. The van der Waals surface area contributed by atoms with E-state index in [0.717, 1.165) is 33.7 Å². The molecule has 72 valence electrons. The van der Waals surface area contributed by atoms with E-state index in [-0.39, 0.29) is 0 Å². The van der Waals surface area contributed by atoms with Gasteiger partial charge in [0.25, 0.3) is 0 Å². The number of rotatable bonds is 3. The number of aromatic nitrogens is 1. The van der Waals surface area contributed by atoms with Crippen molar-refractivity contribution in [2.24, 2.45) is 0 Å². The fourth-order valence-electron chi connectivity index (χ4n) is 1.65. The van der Waals surface area contributed by atoms with Gasteiger partial charge in [0.1, 0.15) is 0 Å². The Morgan fingerprint density at radius 1 is 1.36 bits per heavy atom. The molecule has 14 heavy (non-hydrogen) atoms. The monoisotopic (exact) mass is 299 g/mol. The summed E-state index contributed by atoms with van der Waals surface area (Å²) in [6.45, 7) is 0.953. The number of fused-ring (bicyclic) bond motifs is 1. The van der Waals surface area contributed by atoms with Gasteiger partial charge in [0, 0.05) is 33.6 Å². The highest BCUT2D eigenvalue weighted by Crippen LogP contribution is 2.19. The summed E-state index contributed by atoms with van der Waals surface area (Å²) in [7, 11) is 0. The lowest BCUT2D eigenvalue weighted by atomic mass is 10.2. The average Bonchev–Trinajstić information content (AvgIpc) is 2.58. The van der Waals surface area contributed by atoms with Crippen molar-refractivity contribution >= 4 is 39.8 Å². The minimum atomic E-state index is 0.783. The molecule has 0 saturated heterocycles. The van der Waals surface area contributed by atoms with E-state index in [0.29, 0.717) is 0 Å². The maximum absolute atomic E-state index is 10.8. The summed E-state index contributed by atoms with van der Waals surface area (Å²) in [6, 6.07) is 8.00. The van der Waals surface area contributed by atoms with E-state index in [1.54, 1.807) is 0 Å². The zero-order valence-electron chi connectivity index (χ0n) is 7.61. The highest BCUT2D eigenvalue weighted by Gasteiger charge is 2.05. The lowest BCUT2D eigenvalue weighted by Gasteiger charge is -2.00. The molecule has 0 aliphatic carbocycles. The number of aldehydes is 1. The first kappa shape index (κ1) is 9.71. The van der Waals surface area contributed by atoms with Gasteiger partial charge in [-0.15, -0.1) is 0 Å². The molecule has 0 saturated carbocycles. The van der Waals surface area contributed by atoms with Gasteiger partial charge in [0.05, 0.1) is 0 Å². The van der Waals surface area contributed by atoms with Crippen LogP contribution in [0.3, 0.4) is 0 Å². The molecule has 0 atom stereocenters. The van der Waals surface area contributed by atoms with Crippen molar-refractivity contribution < 1.29 is 4.79 Å². The molecule has 1 aromatic heterocycles. The Balaban J connectivity index is 2.66. The van der Waals surface area contributed by atoms with Gasteiger partial charge >= 0.3 is 0 Å².